The molecule has 3 heteroatoms. The van der Waals surface area contributed by atoms with Crippen LogP contribution in [0.4, 0.5) is 4.39 Å². The fourth-order valence-electron chi connectivity index (χ4n) is 2.52. The molecule has 1 saturated carbocycles. The second-order valence-corrected chi connectivity index (χ2v) is 5.65. The Morgan fingerprint density at radius 1 is 1.33 bits per heavy atom. The van der Waals surface area contributed by atoms with Crippen molar-refractivity contribution >= 4 is 11.6 Å². The Hall–Kier alpha value is -0.600. The molecule has 0 radical (unpaired) electrons. The Morgan fingerprint density at radius 3 is 2.56 bits per heavy atom. The molecule has 2 rings (SSSR count). The van der Waals surface area contributed by atoms with Crippen molar-refractivity contribution in [2.45, 2.75) is 51.0 Å². The Balaban J connectivity index is 2.28. The summed E-state index contributed by atoms with van der Waals surface area (Å²) in [6.45, 7) is 5.08. The lowest BCUT2D eigenvalue weighted by atomic mass is 9.75. The molecule has 0 atom stereocenters. The van der Waals surface area contributed by atoms with Crippen molar-refractivity contribution in [3.05, 3.63) is 34.6 Å². The molecule has 0 bridgehead atoms. The minimum atomic E-state index is -0.250. The lowest BCUT2D eigenvalue weighted by Gasteiger charge is -2.33. The van der Waals surface area contributed by atoms with E-state index in [9.17, 15) is 4.39 Å². The highest BCUT2D eigenvalue weighted by Crippen LogP contribution is 2.36. The molecule has 1 N–H and O–H groups in total. The first kappa shape index (κ1) is 13.8. The second kappa shape index (κ2) is 5.58. The SMILES string of the molecule is CCC(CC)(CNC1CC1)c1cccc(Cl)c1F. The van der Waals surface area contributed by atoms with Crippen LogP contribution in [0.5, 0.6) is 0 Å². The highest BCUT2D eigenvalue weighted by molar-refractivity contribution is 6.30. The topological polar surface area (TPSA) is 12.0 Å². The van der Waals surface area contributed by atoms with E-state index >= 15 is 0 Å². The van der Waals surface area contributed by atoms with Crippen LogP contribution in [-0.4, -0.2) is 12.6 Å². The third-order valence-corrected chi connectivity index (χ3v) is 4.47. The van der Waals surface area contributed by atoms with Crippen molar-refractivity contribution < 1.29 is 4.39 Å². The van der Waals surface area contributed by atoms with E-state index in [1.54, 1.807) is 6.07 Å². The van der Waals surface area contributed by atoms with Gasteiger partial charge in [0.05, 0.1) is 5.02 Å². The van der Waals surface area contributed by atoms with Crippen LogP contribution in [0.25, 0.3) is 0 Å². The van der Waals surface area contributed by atoms with Gasteiger partial charge in [-0.1, -0.05) is 37.6 Å². The maximum absolute atomic E-state index is 14.3. The van der Waals surface area contributed by atoms with E-state index in [0.717, 1.165) is 24.9 Å². The normalized spacial score (nSPS) is 16.0. The van der Waals surface area contributed by atoms with Gasteiger partial charge in [-0.3, -0.25) is 0 Å². The van der Waals surface area contributed by atoms with Gasteiger partial charge >= 0.3 is 0 Å². The van der Waals surface area contributed by atoms with Crippen LogP contribution in [0.1, 0.15) is 45.1 Å². The van der Waals surface area contributed by atoms with Crippen molar-refractivity contribution in [2.24, 2.45) is 0 Å². The van der Waals surface area contributed by atoms with Crippen LogP contribution in [0.3, 0.4) is 0 Å². The van der Waals surface area contributed by atoms with Gasteiger partial charge in [-0.15, -0.1) is 0 Å². The molecule has 0 aliphatic heterocycles. The molecular weight excluding hydrogens is 249 g/mol. The molecule has 0 spiro atoms. The molecule has 1 fully saturated rings. The summed E-state index contributed by atoms with van der Waals surface area (Å²) in [6, 6.07) is 5.98. The molecule has 1 aliphatic rings. The van der Waals surface area contributed by atoms with E-state index in [1.807, 2.05) is 12.1 Å². The zero-order valence-electron chi connectivity index (χ0n) is 11.1. The summed E-state index contributed by atoms with van der Waals surface area (Å²) in [5.41, 5.74) is 0.616. The van der Waals surface area contributed by atoms with Crippen molar-refractivity contribution in [3.63, 3.8) is 0 Å². The van der Waals surface area contributed by atoms with Crippen LogP contribution in [0.15, 0.2) is 18.2 Å². The lowest BCUT2D eigenvalue weighted by molar-refractivity contribution is 0.353. The molecule has 1 aromatic carbocycles. The van der Waals surface area contributed by atoms with Crippen LogP contribution < -0.4 is 5.32 Å². The fraction of sp³-hybridized carbons (Fsp3) is 0.600. The van der Waals surface area contributed by atoms with Crippen molar-refractivity contribution in [1.82, 2.24) is 5.32 Å². The lowest BCUT2D eigenvalue weighted by Crippen LogP contribution is -2.39. The molecular formula is C15H21ClFN. The van der Waals surface area contributed by atoms with Gasteiger partial charge in [0, 0.05) is 18.0 Å². The Bertz CT molecular complexity index is 411. The molecule has 0 aromatic heterocycles. The number of halogens is 2. The number of nitrogens with one attached hydrogen (secondary N) is 1. The number of rotatable bonds is 6. The summed E-state index contributed by atoms with van der Waals surface area (Å²) in [5.74, 6) is -0.250. The molecule has 0 saturated heterocycles. The van der Waals surface area contributed by atoms with Gasteiger partial charge in [0.25, 0.3) is 0 Å². The fourth-order valence-corrected chi connectivity index (χ4v) is 2.69. The predicted octanol–water partition coefficient (Wildman–Crippen LogP) is 4.29. The van der Waals surface area contributed by atoms with Gasteiger partial charge in [-0.05, 0) is 37.3 Å². The molecule has 1 nitrogen and oxygen atoms in total. The van der Waals surface area contributed by atoms with Crippen LogP contribution >= 0.6 is 11.6 Å². The minimum absolute atomic E-state index is 0.141. The van der Waals surface area contributed by atoms with E-state index in [2.05, 4.69) is 19.2 Å². The zero-order chi connectivity index (χ0) is 13.2. The van der Waals surface area contributed by atoms with Crippen LogP contribution in [-0.2, 0) is 5.41 Å². The molecule has 0 unspecified atom stereocenters. The average molecular weight is 270 g/mol. The Kier molecular flexibility index (Phi) is 4.29. The summed E-state index contributed by atoms with van der Waals surface area (Å²) in [7, 11) is 0. The first-order chi connectivity index (χ1) is 8.63. The van der Waals surface area contributed by atoms with E-state index in [4.69, 9.17) is 11.6 Å². The summed E-state index contributed by atoms with van der Waals surface area (Å²) in [6.07, 6.45) is 4.34. The number of hydrogen-bond donors (Lipinski definition) is 1. The number of hydrogen-bond acceptors (Lipinski definition) is 1. The molecule has 0 amide bonds. The molecule has 0 heterocycles. The quantitative estimate of drug-likeness (QED) is 0.812. The van der Waals surface area contributed by atoms with Crippen LogP contribution in [0.2, 0.25) is 5.02 Å². The Morgan fingerprint density at radius 2 is 2.00 bits per heavy atom. The van der Waals surface area contributed by atoms with Gasteiger partial charge < -0.3 is 5.32 Å². The third kappa shape index (κ3) is 2.70. The molecule has 1 aliphatic carbocycles. The van der Waals surface area contributed by atoms with Crippen molar-refractivity contribution in [3.8, 4) is 0 Å². The van der Waals surface area contributed by atoms with Gasteiger partial charge in [0.15, 0.2) is 0 Å². The molecule has 100 valence electrons. The smallest absolute Gasteiger partial charge is 0.145 e. The average Bonchev–Trinajstić information content (AvgIpc) is 3.20. The van der Waals surface area contributed by atoms with Gasteiger partial charge in [0.2, 0.25) is 0 Å². The van der Waals surface area contributed by atoms with Crippen molar-refractivity contribution in [2.75, 3.05) is 6.54 Å². The first-order valence-corrected chi connectivity index (χ1v) is 7.18. The van der Waals surface area contributed by atoms with Gasteiger partial charge in [0.1, 0.15) is 5.82 Å². The highest BCUT2D eigenvalue weighted by Gasteiger charge is 2.33. The maximum atomic E-state index is 14.3. The molecule has 18 heavy (non-hydrogen) atoms. The van der Waals surface area contributed by atoms with E-state index < -0.39 is 0 Å². The molecule has 1 aromatic rings. The highest BCUT2D eigenvalue weighted by atomic mass is 35.5. The summed E-state index contributed by atoms with van der Waals surface area (Å²) >= 11 is 5.91. The maximum Gasteiger partial charge on any atom is 0.145 e. The van der Waals surface area contributed by atoms with Gasteiger partial charge in [-0.2, -0.15) is 0 Å². The number of benzene rings is 1. The van der Waals surface area contributed by atoms with Crippen LogP contribution in [0, 0.1) is 5.82 Å². The Labute approximate surface area is 114 Å². The third-order valence-electron chi connectivity index (χ3n) is 4.18. The van der Waals surface area contributed by atoms with E-state index in [-0.39, 0.29) is 16.3 Å². The summed E-state index contributed by atoms with van der Waals surface area (Å²) in [4.78, 5) is 0. The van der Waals surface area contributed by atoms with Crippen molar-refractivity contribution in [1.29, 1.82) is 0 Å². The largest absolute Gasteiger partial charge is 0.313 e. The zero-order valence-corrected chi connectivity index (χ0v) is 11.9. The monoisotopic (exact) mass is 269 g/mol. The minimum Gasteiger partial charge on any atom is -0.313 e. The summed E-state index contributed by atoms with van der Waals surface area (Å²) < 4.78 is 14.3. The predicted molar refractivity (Wildman–Crippen MR) is 74.7 cm³/mol. The standard InChI is InChI=1S/C15H21ClFN/c1-3-15(4-2,10-18-11-8-9-11)12-6-5-7-13(16)14(12)17/h5-7,11,18H,3-4,8-10H2,1-2H3. The van der Waals surface area contributed by atoms with E-state index in [1.165, 1.54) is 12.8 Å². The van der Waals surface area contributed by atoms with Gasteiger partial charge in [-0.25, -0.2) is 4.39 Å². The van der Waals surface area contributed by atoms with E-state index in [0.29, 0.717) is 6.04 Å². The second-order valence-electron chi connectivity index (χ2n) is 5.24. The summed E-state index contributed by atoms with van der Waals surface area (Å²) in [5, 5.41) is 3.76. The first-order valence-electron chi connectivity index (χ1n) is 6.81.